The van der Waals surface area contributed by atoms with E-state index >= 15 is 0 Å². The molecule has 0 amide bonds. The number of rotatable bonds is 7. The van der Waals surface area contributed by atoms with Crippen LogP contribution in [-0.2, 0) is 6.54 Å². The minimum absolute atomic E-state index is 0.315. The molecule has 0 aliphatic rings. The molecule has 0 radical (unpaired) electrons. The molecule has 130 valence electrons. The molecule has 7 heteroatoms. The van der Waals surface area contributed by atoms with Gasteiger partial charge < -0.3 is 10.6 Å². The van der Waals surface area contributed by atoms with Crippen molar-refractivity contribution in [1.29, 1.82) is 0 Å². The number of aryl methyl sites for hydroxylation is 1. The fourth-order valence-corrected chi connectivity index (χ4v) is 3.78. The van der Waals surface area contributed by atoms with Crippen LogP contribution in [0.25, 0.3) is 0 Å². The first-order valence-electron chi connectivity index (χ1n) is 7.84. The van der Waals surface area contributed by atoms with Gasteiger partial charge in [0.05, 0.1) is 6.54 Å². The number of aromatic nitrogens is 1. The van der Waals surface area contributed by atoms with Gasteiger partial charge in [0.2, 0.25) is 0 Å². The van der Waals surface area contributed by atoms with E-state index in [0.717, 1.165) is 29.1 Å². The molecule has 0 spiro atoms. The van der Waals surface area contributed by atoms with E-state index in [1.165, 1.54) is 10.4 Å². The molecular formula is C17H23ClN4S2. The van der Waals surface area contributed by atoms with Gasteiger partial charge in [0.1, 0.15) is 5.01 Å². The van der Waals surface area contributed by atoms with Gasteiger partial charge in [-0.3, -0.25) is 0 Å². The summed E-state index contributed by atoms with van der Waals surface area (Å²) in [7, 11) is 0. The van der Waals surface area contributed by atoms with Crippen LogP contribution in [0.3, 0.4) is 0 Å². The zero-order valence-electron chi connectivity index (χ0n) is 14.2. The third kappa shape index (κ3) is 6.00. The smallest absolute Gasteiger partial charge is 0.191 e. The number of hydrogen-bond acceptors (Lipinski definition) is 4. The van der Waals surface area contributed by atoms with Crippen LogP contribution in [0.5, 0.6) is 0 Å². The Morgan fingerprint density at radius 2 is 2.25 bits per heavy atom. The summed E-state index contributed by atoms with van der Waals surface area (Å²) in [5.74, 6) is 0.812. The van der Waals surface area contributed by atoms with E-state index in [2.05, 4.69) is 46.8 Å². The lowest BCUT2D eigenvalue weighted by atomic mass is 10.1. The van der Waals surface area contributed by atoms with Crippen molar-refractivity contribution in [2.45, 2.75) is 25.6 Å². The molecule has 0 aliphatic heterocycles. The van der Waals surface area contributed by atoms with Gasteiger partial charge in [0.25, 0.3) is 0 Å². The van der Waals surface area contributed by atoms with E-state index in [1.54, 1.807) is 23.1 Å². The van der Waals surface area contributed by atoms with E-state index in [-0.39, 0.29) is 0 Å². The number of thioether (sulfide) groups is 1. The lowest BCUT2D eigenvalue weighted by Crippen LogP contribution is -2.39. The average Bonchev–Trinajstić information content (AvgIpc) is 2.98. The summed E-state index contributed by atoms with van der Waals surface area (Å²) in [5.41, 5.74) is 1.22. The van der Waals surface area contributed by atoms with Crippen molar-refractivity contribution >= 4 is 40.7 Å². The van der Waals surface area contributed by atoms with Crippen molar-refractivity contribution in [3.05, 3.63) is 50.9 Å². The highest BCUT2D eigenvalue weighted by Gasteiger charge is 2.11. The van der Waals surface area contributed by atoms with Gasteiger partial charge in [-0.2, -0.15) is 11.8 Å². The minimum atomic E-state index is 0.315. The number of benzene rings is 1. The van der Waals surface area contributed by atoms with Crippen LogP contribution in [0.1, 0.15) is 27.6 Å². The number of hydrogen-bond donors (Lipinski definition) is 2. The Hall–Kier alpha value is -1.24. The molecule has 1 aromatic heterocycles. The van der Waals surface area contributed by atoms with Gasteiger partial charge >= 0.3 is 0 Å². The fraction of sp³-hybridized carbons (Fsp3) is 0.412. The third-order valence-corrected chi connectivity index (χ3v) is 5.49. The largest absolute Gasteiger partial charge is 0.357 e. The molecule has 0 bridgehead atoms. The van der Waals surface area contributed by atoms with Crippen molar-refractivity contribution in [3.8, 4) is 0 Å². The van der Waals surface area contributed by atoms with E-state index in [4.69, 9.17) is 11.6 Å². The normalized spacial score (nSPS) is 12.9. The van der Waals surface area contributed by atoms with Crippen LogP contribution in [0.2, 0.25) is 5.02 Å². The van der Waals surface area contributed by atoms with Crippen LogP contribution in [0.4, 0.5) is 0 Å². The topological polar surface area (TPSA) is 49.3 Å². The second kappa shape index (κ2) is 9.91. The van der Waals surface area contributed by atoms with Crippen LogP contribution >= 0.6 is 34.7 Å². The average molecular weight is 383 g/mol. The number of aliphatic imine (C=N–C) groups is 1. The Morgan fingerprint density at radius 3 is 2.88 bits per heavy atom. The number of halogens is 1. The third-order valence-electron chi connectivity index (χ3n) is 3.35. The first kappa shape index (κ1) is 19.1. The van der Waals surface area contributed by atoms with Gasteiger partial charge in [0, 0.05) is 34.4 Å². The van der Waals surface area contributed by atoms with Crippen molar-refractivity contribution in [3.63, 3.8) is 0 Å². The molecule has 2 aromatic rings. The van der Waals surface area contributed by atoms with Crippen LogP contribution < -0.4 is 10.6 Å². The van der Waals surface area contributed by atoms with Gasteiger partial charge in [0.15, 0.2) is 5.96 Å². The predicted molar refractivity (Wildman–Crippen MR) is 107 cm³/mol. The number of guanidine groups is 1. The second-order valence-corrected chi connectivity index (χ2v) is 8.02. The van der Waals surface area contributed by atoms with E-state index < -0.39 is 0 Å². The monoisotopic (exact) mass is 382 g/mol. The maximum atomic E-state index is 6.11. The first-order chi connectivity index (χ1) is 11.6. The highest BCUT2D eigenvalue weighted by molar-refractivity contribution is 7.98. The molecule has 1 atom stereocenters. The minimum Gasteiger partial charge on any atom is -0.357 e. The Kier molecular flexibility index (Phi) is 7.88. The van der Waals surface area contributed by atoms with E-state index in [9.17, 15) is 0 Å². The van der Waals surface area contributed by atoms with Crippen molar-refractivity contribution in [2.24, 2.45) is 4.99 Å². The van der Waals surface area contributed by atoms with Crippen LogP contribution in [0.15, 0.2) is 35.5 Å². The summed E-state index contributed by atoms with van der Waals surface area (Å²) in [6.45, 7) is 6.32. The maximum Gasteiger partial charge on any atom is 0.191 e. The molecule has 0 fully saturated rings. The van der Waals surface area contributed by atoms with Crippen molar-refractivity contribution in [2.75, 3.05) is 19.3 Å². The first-order valence-corrected chi connectivity index (χ1v) is 10.3. The second-order valence-electron chi connectivity index (χ2n) is 5.22. The van der Waals surface area contributed by atoms with Gasteiger partial charge in [-0.15, -0.1) is 11.3 Å². The SMILES string of the molecule is CCNC(=NCc1ncc(C)s1)NCC(SC)c1cccc(Cl)c1. The summed E-state index contributed by atoms with van der Waals surface area (Å²) in [6, 6.07) is 8.02. The number of thiazole rings is 1. The molecule has 4 nitrogen and oxygen atoms in total. The Bertz CT molecular complexity index is 672. The fourth-order valence-electron chi connectivity index (χ4n) is 2.20. The number of nitrogens with zero attached hydrogens (tertiary/aromatic N) is 2. The summed E-state index contributed by atoms with van der Waals surface area (Å²) < 4.78 is 0. The van der Waals surface area contributed by atoms with Crippen molar-refractivity contribution < 1.29 is 0 Å². The molecule has 1 heterocycles. The molecule has 0 aliphatic carbocycles. The molecule has 24 heavy (non-hydrogen) atoms. The zero-order chi connectivity index (χ0) is 17.4. The van der Waals surface area contributed by atoms with Gasteiger partial charge in [-0.25, -0.2) is 9.98 Å². The zero-order valence-corrected chi connectivity index (χ0v) is 16.6. The van der Waals surface area contributed by atoms with Crippen LogP contribution in [-0.4, -0.2) is 30.3 Å². The maximum absolute atomic E-state index is 6.11. The van der Waals surface area contributed by atoms with E-state index in [0.29, 0.717) is 11.8 Å². The number of nitrogens with one attached hydrogen (secondary N) is 2. The molecule has 1 unspecified atom stereocenters. The van der Waals surface area contributed by atoms with Gasteiger partial charge in [-0.1, -0.05) is 23.7 Å². The van der Waals surface area contributed by atoms with Gasteiger partial charge in [-0.05, 0) is 37.8 Å². The Labute approximate surface area is 157 Å². The molecular weight excluding hydrogens is 360 g/mol. The quantitative estimate of drug-likeness (QED) is 0.554. The van der Waals surface area contributed by atoms with Crippen molar-refractivity contribution in [1.82, 2.24) is 15.6 Å². The molecule has 2 rings (SSSR count). The molecule has 0 saturated heterocycles. The lowest BCUT2D eigenvalue weighted by molar-refractivity contribution is 0.790. The Balaban J connectivity index is 1.98. The summed E-state index contributed by atoms with van der Waals surface area (Å²) >= 11 is 9.58. The summed E-state index contributed by atoms with van der Waals surface area (Å²) in [6.07, 6.45) is 3.99. The lowest BCUT2D eigenvalue weighted by Gasteiger charge is -2.18. The molecule has 2 N–H and O–H groups in total. The molecule has 1 aromatic carbocycles. The summed E-state index contributed by atoms with van der Waals surface area (Å²) in [4.78, 5) is 10.2. The predicted octanol–water partition coefficient (Wildman–Crippen LogP) is 4.26. The highest BCUT2D eigenvalue weighted by Crippen LogP contribution is 2.27. The van der Waals surface area contributed by atoms with Crippen LogP contribution in [0, 0.1) is 6.92 Å². The Morgan fingerprint density at radius 1 is 1.42 bits per heavy atom. The van der Waals surface area contributed by atoms with E-state index in [1.807, 2.05) is 24.4 Å². The highest BCUT2D eigenvalue weighted by atomic mass is 35.5. The summed E-state index contributed by atoms with van der Waals surface area (Å²) in [5, 5.41) is 8.81. The molecule has 0 saturated carbocycles. The standard InChI is InChI=1S/C17H23ClN4S2/c1-4-19-17(22-11-16-20-9-12(2)24-16)21-10-15(23-3)13-6-5-7-14(18)8-13/h5-9,15H,4,10-11H2,1-3H3,(H2,19,21,22).